The van der Waals surface area contributed by atoms with Gasteiger partial charge in [0, 0.05) is 30.7 Å². The van der Waals surface area contributed by atoms with Gasteiger partial charge in [0.1, 0.15) is 29.6 Å². The first-order valence-corrected chi connectivity index (χ1v) is 12.9. The fraction of sp³-hybridized carbons (Fsp3) is 0.156. The highest BCUT2D eigenvalue weighted by atomic mass is 16.5. The number of ketones is 1. The zero-order valence-electron chi connectivity index (χ0n) is 22.1. The fourth-order valence-electron chi connectivity index (χ4n) is 5.10. The molecule has 1 saturated heterocycles. The molecule has 1 unspecified atom stereocenters. The van der Waals surface area contributed by atoms with Gasteiger partial charge in [-0.1, -0.05) is 18.2 Å². The molecule has 0 bridgehead atoms. The number of fused-ring (bicyclic) bond motifs is 1. The van der Waals surface area contributed by atoms with Crippen molar-refractivity contribution in [1.82, 2.24) is 4.98 Å². The van der Waals surface area contributed by atoms with Crippen molar-refractivity contribution in [3.8, 4) is 17.2 Å². The van der Waals surface area contributed by atoms with Gasteiger partial charge in [-0.05, 0) is 78.7 Å². The predicted octanol–water partition coefficient (Wildman–Crippen LogP) is 5.64. The minimum atomic E-state index is -0.873. The van der Waals surface area contributed by atoms with Crippen molar-refractivity contribution in [2.24, 2.45) is 0 Å². The smallest absolute Gasteiger partial charge is 0.300 e. The number of amides is 1. The van der Waals surface area contributed by atoms with Gasteiger partial charge in [0.2, 0.25) is 0 Å². The molecule has 40 heavy (non-hydrogen) atoms. The summed E-state index contributed by atoms with van der Waals surface area (Å²) in [6, 6.07) is 22.5. The summed E-state index contributed by atoms with van der Waals surface area (Å²) in [5.41, 5.74) is 3.38. The van der Waals surface area contributed by atoms with Crippen LogP contribution in [0, 0.1) is 6.92 Å². The number of carbonyl (C=O) groups is 2. The van der Waals surface area contributed by atoms with Gasteiger partial charge in [0.25, 0.3) is 11.7 Å². The summed E-state index contributed by atoms with van der Waals surface area (Å²) >= 11 is 0. The van der Waals surface area contributed by atoms with Crippen molar-refractivity contribution in [2.75, 3.05) is 30.0 Å². The number of hydrogen-bond acceptors (Lipinski definition) is 7. The Kier molecular flexibility index (Phi) is 6.43. The molecule has 1 aromatic heterocycles. The Balaban J connectivity index is 1.41. The first-order chi connectivity index (χ1) is 19.4. The van der Waals surface area contributed by atoms with Crippen LogP contribution in [-0.2, 0) is 9.59 Å². The molecule has 2 aliphatic heterocycles. The molecule has 6 rings (SSSR count). The highest BCUT2D eigenvalue weighted by Gasteiger charge is 2.47. The van der Waals surface area contributed by atoms with Crippen molar-refractivity contribution in [3.63, 3.8) is 0 Å². The molecule has 0 aliphatic carbocycles. The lowest BCUT2D eigenvalue weighted by atomic mass is 9.95. The van der Waals surface area contributed by atoms with E-state index in [1.165, 1.54) is 4.90 Å². The van der Waals surface area contributed by atoms with Crippen LogP contribution in [-0.4, -0.2) is 42.0 Å². The molecule has 3 heterocycles. The minimum Gasteiger partial charge on any atom is -0.507 e. The van der Waals surface area contributed by atoms with Gasteiger partial charge >= 0.3 is 0 Å². The Morgan fingerprint density at radius 3 is 2.58 bits per heavy atom. The number of aryl methyl sites for hydroxylation is 1. The number of hydrogen-bond donors (Lipinski definition) is 1. The maximum absolute atomic E-state index is 13.5. The lowest BCUT2D eigenvalue weighted by Crippen LogP contribution is -2.29. The lowest BCUT2D eigenvalue weighted by Gasteiger charge is -2.28. The number of aliphatic hydroxyl groups is 1. The molecule has 8 heteroatoms. The second-order valence-electron chi connectivity index (χ2n) is 9.82. The molecule has 4 aromatic rings. The number of likely N-dealkylation sites (N-methyl/N-ethyl adjacent to an activating group) is 1. The first kappa shape index (κ1) is 25.2. The number of pyridine rings is 1. The molecule has 1 amide bonds. The molecule has 1 atom stereocenters. The molecule has 3 aromatic carbocycles. The molecule has 1 N–H and O–H groups in total. The molecule has 0 radical (unpaired) electrons. The molecule has 200 valence electrons. The number of rotatable bonds is 5. The molecule has 0 spiro atoms. The third-order valence-corrected chi connectivity index (χ3v) is 7.11. The second kappa shape index (κ2) is 10.2. The van der Waals surface area contributed by atoms with E-state index in [4.69, 9.17) is 9.47 Å². The number of aromatic nitrogens is 1. The molecular weight excluding hydrogens is 506 g/mol. The van der Waals surface area contributed by atoms with E-state index in [1.807, 2.05) is 43.1 Å². The monoisotopic (exact) mass is 533 g/mol. The molecule has 8 nitrogen and oxygen atoms in total. The first-order valence-electron chi connectivity index (χ1n) is 12.9. The van der Waals surface area contributed by atoms with E-state index in [0.717, 1.165) is 11.3 Å². The number of carbonyl (C=O) groups excluding carboxylic acids is 2. The average molecular weight is 534 g/mol. The quantitative estimate of drug-likeness (QED) is 0.202. The molecule has 2 aliphatic rings. The van der Waals surface area contributed by atoms with Crippen LogP contribution in [0.4, 0.5) is 11.4 Å². The zero-order chi connectivity index (χ0) is 27.8. The van der Waals surface area contributed by atoms with Crippen LogP contribution >= 0.6 is 0 Å². The van der Waals surface area contributed by atoms with E-state index in [9.17, 15) is 14.7 Å². The zero-order valence-corrected chi connectivity index (χ0v) is 22.1. The standard InChI is InChI=1S/C32H27N3O5/c1-20-5-3-7-25(17-20)40-24-11-9-23(10-12-24)35-29(22-6-4-14-33-19-22)28(31(37)32(35)38)30(36)21-8-13-27-26(18-21)34(2)15-16-39-27/h3-14,17-19,29,36H,15-16H2,1-2H3/b30-28-. The summed E-state index contributed by atoms with van der Waals surface area (Å²) in [4.78, 5) is 34.6. The predicted molar refractivity (Wildman–Crippen MR) is 152 cm³/mol. The van der Waals surface area contributed by atoms with Crippen LogP contribution in [0.5, 0.6) is 17.2 Å². The SMILES string of the molecule is Cc1cccc(Oc2ccc(N3C(=O)C(=O)/C(=C(\O)c4ccc5c(c4)N(C)CCO5)C3c3cccnc3)cc2)c1. The third-order valence-electron chi connectivity index (χ3n) is 7.11. The topological polar surface area (TPSA) is 92.2 Å². The van der Waals surface area contributed by atoms with Crippen LogP contribution in [0.1, 0.15) is 22.7 Å². The van der Waals surface area contributed by atoms with Gasteiger partial charge < -0.3 is 19.5 Å². The van der Waals surface area contributed by atoms with Crippen molar-refractivity contribution in [1.29, 1.82) is 0 Å². The summed E-state index contributed by atoms with van der Waals surface area (Å²) < 4.78 is 11.7. The maximum Gasteiger partial charge on any atom is 0.300 e. The Labute approximate surface area is 231 Å². The van der Waals surface area contributed by atoms with Crippen LogP contribution in [0.15, 0.2) is 96.8 Å². The summed E-state index contributed by atoms with van der Waals surface area (Å²) in [5.74, 6) is 0.224. The van der Waals surface area contributed by atoms with Crippen LogP contribution in [0.2, 0.25) is 0 Å². The van der Waals surface area contributed by atoms with E-state index >= 15 is 0 Å². The number of benzene rings is 3. The molecule has 0 saturated carbocycles. The van der Waals surface area contributed by atoms with Crippen LogP contribution in [0.25, 0.3) is 5.76 Å². The lowest BCUT2D eigenvalue weighted by molar-refractivity contribution is -0.132. The van der Waals surface area contributed by atoms with Gasteiger partial charge in [-0.2, -0.15) is 0 Å². The molecule has 1 fully saturated rings. The number of aliphatic hydroxyl groups excluding tert-OH is 1. The van der Waals surface area contributed by atoms with Crippen molar-refractivity contribution < 1.29 is 24.2 Å². The fourth-order valence-corrected chi connectivity index (χ4v) is 5.10. The Hall–Kier alpha value is -5.11. The Morgan fingerprint density at radius 1 is 1.00 bits per heavy atom. The van der Waals surface area contributed by atoms with E-state index in [0.29, 0.717) is 47.2 Å². The number of nitrogens with zero attached hydrogens (tertiary/aromatic N) is 3. The second-order valence-corrected chi connectivity index (χ2v) is 9.82. The summed E-state index contributed by atoms with van der Waals surface area (Å²) in [7, 11) is 1.94. The number of anilines is 2. The van der Waals surface area contributed by atoms with Crippen molar-refractivity contribution in [2.45, 2.75) is 13.0 Å². The van der Waals surface area contributed by atoms with Crippen molar-refractivity contribution in [3.05, 3.63) is 114 Å². The summed E-state index contributed by atoms with van der Waals surface area (Å²) in [5, 5.41) is 11.5. The Morgan fingerprint density at radius 2 is 1.82 bits per heavy atom. The van der Waals surface area contributed by atoms with Gasteiger partial charge in [-0.3, -0.25) is 19.5 Å². The summed E-state index contributed by atoms with van der Waals surface area (Å²) in [6.45, 7) is 3.25. The van der Waals surface area contributed by atoms with E-state index < -0.39 is 17.7 Å². The average Bonchev–Trinajstić information content (AvgIpc) is 3.23. The third kappa shape index (κ3) is 4.53. The van der Waals surface area contributed by atoms with E-state index in [1.54, 1.807) is 67.0 Å². The van der Waals surface area contributed by atoms with Crippen LogP contribution < -0.4 is 19.3 Å². The Bertz CT molecular complexity index is 1630. The van der Waals surface area contributed by atoms with Gasteiger partial charge in [-0.25, -0.2) is 0 Å². The van der Waals surface area contributed by atoms with E-state index in [-0.39, 0.29) is 11.3 Å². The highest BCUT2D eigenvalue weighted by molar-refractivity contribution is 6.51. The largest absolute Gasteiger partial charge is 0.507 e. The van der Waals surface area contributed by atoms with Gasteiger partial charge in [0.05, 0.1) is 23.8 Å². The normalized spacial score (nSPS) is 17.9. The highest BCUT2D eigenvalue weighted by Crippen LogP contribution is 2.43. The molecular formula is C32H27N3O5. The maximum atomic E-state index is 13.5. The van der Waals surface area contributed by atoms with Gasteiger partial charge in [-0.15, -0.1) is 0 Å². The number of Topliss-reactive ketones (excluding diaryl/α,β-unsaturated/α-hetero) is 1. The van der Waals surface area contributed by atoms with Crippen LogP contribution in [0.3, 0.4) is 0 Å². The van der Waals surface area contributed by atoms with Crippen molar-refractivity contribution >= 4 is 28.8 Å². The summed E-state index contributed by atoms with van der Waals surface area (Å²) in [6.07, 6.45) is 3.22. The number of ether oxygens (including phenoxy) is 2. The van der Waals surface area contributed by atoms with Gasteiger partial charge in [0.15, 0.2) is 0 Å². The minimum absolute atomic E-state index is 0.00239. The van der Waals surface area contributed by atoms with E-state index in [2.05, 4.69) is 4.98 Å².